The van der Waals surface area contributed by atoms with E-state index >= 15 is 0 Å². The third-order valence-corrected chi connectivity index (χ3v) is 5.53. The predicted molar refractivity (Wildman–Crippen MR) is 82.7 cm³/mol. The molecule has 0 bridgehead atoms. The van der Waals surface area contributed by atoms with Crippen LogP contribution in [-0.2, 0) is 0 Å². The second kappa shape index (κ2) is 7.56. The Morgan fingerprint density at radius 3 is 1.94 bits per heavy atom. The first kappa shape index (κ1) is 16.1. The highest BCUT2D eigenvalue weighted by Crippen LogP contribution is 2.43. The van der Waals surface area contributed by atoms with Gasteiger partial charge in [0.05, 0.1) is 0 Å². The molecule has 0 aromatic heterocycles. The lowest BCUT2D eigenvalue weighted by atomic mass is 9.64. The first-order valence-corrected chi connectivity index (χ1v) is 8.45. The summed E-state index contributed by atoms with van der Waals surface area (Å²) in [4.78, 5) is 0. The standard InChI is InChI=1S/C18H36/c1-7-18-15(5)11-17(12-16(18)6)14(4)10-8-9-13(2)3/h13-18H,7-12H2,1-6H3. The second-order valence-corrected chi connectivity index (χ2v) is 7.56. The van der Waals surface area contributed by atoms with Crippen molar-refractivity contribution in [3.8, 4) is 0 Å². The Labute approximate surface area is 116 Å². The third kappa shape index (κ3) is 4.59. The highest BCUT2D eigenvalue weighted by molar-refractivity contribution is 4.83. The summed E-state index contributed by atoms with van der Waals surface area (Å²) in [7, 11) is 0. The van der Waals surface area contributed by atoms with Crippen molar-refractivity contribution < 1.29 is 0 Å². The number of hydrogen-bond donors (Lipinski definition) is 0. The Balaban J connectivity index is 2.38. The van der Waals surface area contributed by atoms with E-state index in [0.717, 1.165) is 35.5 Å². The van der Waals surface area contributed by atoms with Gasteiger partial charge in [-0.2, -0.15) is 0 Å². The average molecular weight is 252 g/mol. The van der Waals surface area contributed by atoms with Gasteiger partial charge in [-0.3, -0.25) is 0 Å². The molecule has 108 valence electrons. The van der Waals surface area contributed by atoms with Gasteiger partial charge in [0, 0.05) is 0 Å². The highest BCUT2D eigenvalue weighted by Gasteiger charge is 2.33. The van der Waals surface area contributed by atoms with Crippen molar-refractivity contribution in [2.24, 2.45) is 35.5 Å². The van der Waals surface area contributed by atoms with Crippen LogP contribution in [0.4, 0.5) is 0 Å². The maximum absolute atomic E-state index is 2.51. The van der Waals surface area contributed by atoms with Gasteiger partial charge in [-0.15, -0.1) is 0 Å². The van der Waals surface area contributed by atoms with Gasteiger partial charge < -0.3 is 0 Å². The summed E-state index contributed by atoms with van der Waals surface area (Å²) in [5.74, 6) is 5.74. The lowest BCUT2D eigenvalue weighted by molar-refractivity contribution is 0.0907. The molecule has 0 radical (unpaired) electrons. The maximum Gasteiger partial charge on any atom is -0.0365 e. The first-order valence-electron chi connectivity index (χ1n) is 8.45. The molecule has 1 rings (SSSR count). The molecule has 1 saturated carbocycles. The van der Waals surface area contributed by atoms with Crippen LogP contribution in [-0.4, -0.2) is 0 Å². The van der Waals surface area contributed by atoms with Crippen LogP contribution in [0.5, 0.6) is 0 Å². The molecule has 0 spiro atoms. The van der Waals surface area contributed by atoms with Crippen molar-refractivity contribution in [1.29, 1.82) is 0 Å². The van der Waals surface area contributed by atoms with Gasteiger partial charge in [-0.05, 0) is 48.3 Å². The topological polar surface area (TPSA) is 0 Å². The van der Waals surface area contributed by atoms with E-state index in [1.54, 1.807) is 0 Å². The van der Waals surface area contributed by atoms with Gasteiger partial charge >= 0.3 is 0 Å². The van der Waals surface area contributed by atoms with E-state index < -0.39 is 0 Å². The molecule has 0 aliphatic heterocycles. The lowest BCUT2D eigenvalue weighted by Crippen LogP contribution is -2.32. The first-order chi connectivity index (χ1) is 8.45. The highest BCUT2D eigenvalue weighted by atomic mass is 14.4. The van der Waals surface area contributed by atoms with Crippen LogP contribution in [0.25, 0.3) is 0 Å². The second-order valence-electron chi connectivity index (χ2n) is 7.56. The van der Waals surface area contributed by atoms with E-state index in [2.05, 4.69) is 41.5 Å². The molecule has 0 amide bonds. The van der Waals surface area contributed by atoms with Crippen LogP contribution < -0.4 is 0 Å². The molecule has 0 nitrogen and oxygen atoms in total. The summed E-state index contributed by atoms with van der Waals surface area (Å²) in [5.41, 5.74) is 0. The predicted octanol–water partition coefficient (Wildman–Crippen LogP) is 6.16. The Kier molecular flexibility index (Phi) is 6.74. The SMILES string of the molecule is CCC1C(C)CC(C(C)CCCC(C)C)CC1C. The molecule has 0 aromatic carbocycles. The Hall–Kier alpha value is 0. The quantitative estimate of drug-likeness (QED) is 0.531. The fourth-order valence-corrected chi connectivity index (χ4v) is 4.31. The summed E-state index contributed by atoms with van der Waals surface area (Å²) in [6.07, 6.45) is 8.68. The Morgan fingerprint density at radius 2 is 1.50 bits per heavy atom. The van der Waals surface area contributed by atoms with Crippen LogP contribution in [0, 0.1) is 35.5 Å². The van der Waals surface area contributed by atoms with Gasteiger partial charge in [0.15, 0.2) is 0 Å². The van der Waals surface area contributed by atoms with Gasteiger partial charge in [0.2, 0.25) is 0 Å². The minimum absolute atomic E-state index is 0.880. The summed E-state index contributed by atoms with van der Waals surface area (Å²) < 4.78 is 0. The summed E-state index contributed by atoms with van der Waals surface area (Å²) in [6, 6.07) is 0. The van der Waals surface area contributed by atoms with Crippen LogP contribution in [0.1, 0.15) is 80.1 Å². The third-order valence-electron chi connectivity index (χ3n) is 5.53. The van der Waals surface area contributed by atoms with Gasteiger partial charge in [-0.1, -0.05) is 67.2 Å². The van der Waals surface area contributed by atoms with E-state index in [1.807, 2.05) is 0 Å². The lowest BCUT2D eigenvalue weighted by Gasteiger charge is -2.41. The molecule has 3 atom stereocenters. The molecular formula is C18H36. The smallest absolute Gasteiger partial charge is 0.0365 e. The maximum atomic E-state index is 2.51. The summed E-state index contributed by atoms with van der Waals surface area (Å²) in [6.45, 7) is 14.6. The largest absolute Gasteiger partial charge is 0.0651 e. The van der Waals surface area contributed by atoms with Gasteiger partial charge in [0.25, 0.3) is 0 Å². The van der Waals surface area contributed by atoms with Gasteiger partial charge in [-0.25, -0.2) is 0 Å². The number of hydrogen-bond acceptors (Lipinski definition) is 0. The van der Waals surface area contributed by atoms with Gasteiger partial charge in [0.1, 0.15) is 0 Å². The van der Waals surface area contributed by atoms with Crippen molar-refractivity contribution in [2.45, 2.75) is 80.1 Å². The monoisotopic (exact) mass is 252 g/mol. The van der Waals surface area contributed by atoms with Crippen LogP contribution in [0.3, 0.4) is 0 Å². The molecule has 0 saturated heterocycles. The molecule has 1 fully saturated rings. The van der Waals surface area contributed by atoms with E-state index in [-0.39, 0.29) is 0 Å². The molecule has 0 aromatic rings. The van der Waals surface area contributed by atoms with Crippen molar-refractivity contribution in [2.75, 3.05) is 0 Å². The molecule has 1 aliphatic rings. The minimum Gasteiger partial charge on any atom is -0.0651 e. The molecule has 0 heteroatoms. The summed E-state index contributed by atoms with van der Waals surface area (Å²) in [5, 5.41) is 0. The van der Waals surface area contributed by atoms with Crippen molar-refractivity contribution in [3.63, 3.8) is 0 Å². The zero-order chi connectivity index (χ0) is 13.7. The fraction of sp³-hybridized carbons (Fsp3) is 1.00. The minimum atomic E-state index is 0.880. The Bertz CT molecular complexity index is 206. The van der Waals surface area contributed by atoms with Crippen molar-refractivity contribution >= 4 is 0 Å². The molecule has 18 heavy (non-hydrogen) atoms. The van der Waals surface area contributed by atoms with Crippen molar-refractivity contribution in [1.82, 2.24) is 0 Å². The molecule has 3 unspecified atom stereocenters. The average Bonchev–Trinajstić information content (AvgIpc) is 2.27. The zero-order valence-corrected chi connectivity index (χ0v) is 13.7. The van der Waals surface area contributed by atoms with Crippen LogP contribution in [0.2, 0.25) is 0 Å². The summed E-state index contributed by atoms with van der Waals surface area (Å²) >= 11 is 0. The molecule has 0 N–H and O–H groups in total. The zero-order valence-electron chi connectivity index (χ0n) is 13.7. The molecule has 0 heterocycles. The van der Waals surface area contributed by atoms with E-state index in [0.29, 0.717) is 0 Å². The van der Waals surface area contributed by atoms with E-state index in [1.165, 1.54) is 38.5 Å². The molecule has 1 aliphatic carbocycles. The van der Waals surface area contributed by atoms with E-state index in [9.17, 15) is 0 Å². The number of rotatable bonds is 6. The normalized spacial score (nSPS) is 34.8. The van der Waals surface area contributed by atoms with Crippen LogP contribution >= 0.6 is 0 Å². The van der Waals surface area contributed by atoms with Crippen molar-refractivity contribution in [3.05, 3.63) is 0 Å². The Morgan fingerprint density at radius 1 is 0.944 bits per heavy atom. The van der Waals surface area contributed by atoms with E-state index in [4.69, 9.17) is 0 Å². The van der Waals surface area contributed by atoms with Crippen LogP contribution in [0.15, 0.2) is 0 Å². The fourth-order valence-electron chi connectivity index (χ4n) is 4.31. The molecular weight excluding hydrogens is 216 g/mol.